The van der Waals surface area contributed by atoms with Gasteiger partial charge < -0.3 is 5.32 Å². The maximum absolute atomic E-state index is 11.3. The molecule has 0 aliphatic heterocycles. The van der Waals surface area contributed by atoms with Gasteiger partial charge in [0.1, 0.15) is 5.69 Å². The summed E-state index contributed by atoms with van der Waals surface area (Å²) in [5.74, 6) is 0.463. The molecular formula is C11H13BrN6O2. The lowest BCUT2D eigenvalue weighted by Gasteiger charge is -2.08. The summed E-state index contributed by atoms with van der Waals surface area (Å²) in [5, 5.41) is 18.3. The SMILES string of the molecule is CNc1nc(C)c([N+](=O)[O-])c(-n2nc(C)c(Br)c2C)n1. The van der Waals surface area contributed by atoms with E-state index in [1.807, 2.05) is 13.8 Å². The van der Waals surface area contributed by atoms with E-state index < -0.39 is 4.92 Å². The van der Waals surface area contributed by atoms with Gasteiger partial charge >= 0.3 is 5.69 Å². The molecule has 0 aliphatic rings. The zero-order valence-electron chi connectivity index (χ0n) is 11.4. The van der Waals surface area contributed by atoms with Crippen LogP contribution in [0.25, 0.3) is 5.82 Å². The number of halogens is 1. The summed E-state index contributed by atoms with van der Waals surface area (Å²) in [6.45, 7) is 5.20. The third kappa shape index (κ3) is 2.24. The van der Waals surface area contributed by atoms with E-state index >= 15 is 0 Å². The van der Waals surface area contributed by atoms with Gasteiger partial charge in [-0.15, -0.1) is 0 Å². The molecule has 0 atom stereocenters. The lowest BCUT2D eigenvalue weighted by molar-refractivity contribution is -0.385. The Morgan fingerprint density at radius 1 is 1.25 bits per heavy atom. The summed E-state index contributed by atoms with van der Waals surface area (Å²) >= 11 is 3.40. The number of hydrogen-bond donors (Lipinski definition) is 1. The van der Waals surface area contributed by atoms with E-state index in [1.165, 1.54) is 4.68 Å². The van der Waals surface area contributed by atoms with Crippen molar-refractivity contribution in [3.8, 4) is 5.82 Å². The Bertz CT molecular complexity index is 697. The van der Waals surface area contributed by atoms with Gasteiger partial charge in [0.05, 0.1) is 20.8 Å². The molecule has 2 heterocycles. The second kappa shape index (κ2) is 5.16. The molecule has 9 heteroatoms. The van der Waals surface area contributed by atoms with Crippen LogP contribution in [0.1, 0.15) is 17.1 Å². The summed E-state index contributed by atoms with van der Waals surface area (Å²) < 4.78 is 2.25. The van der Waals surface area contributed by atoms with Crippen molar-refractivity contribution in [1.82, 2.24) is 19.7 Å². The van der Waals surface area contributed by atoms with E-state index in [1.54, 1.807) is 14.0 Å². The van der Waals surface area contributed by atoms with Crippen molar-refractivity contribution in [1.29, 1.82) is 0 Å². The second-order valence-electron chi connectivity index (χ2n) is 4.21. The van der Waals surface area contributed by atoms with Crippen molar-refractivity contribution in [2.24, 2.45) is 0 Å². The molecule has 0 radical (unpaired) electrons. The Kier molecular flexibility index (Phi) is 3.71. The van der Waals surface area contributed by atoms with E-state index in [9.17, 15) is 10.1 Å². The van der Waals surface area contributed by atoms with Crippen molar-refractivity contribution < 1.29 is 4.92 Å². The smallest absolute Gasteiger partial charge is 0.334 e. The van der Waals surface area contributed by atoms with Crippen molar-refractivity contribution in [2.45, 2.75) is 20.8 Å². The fourth-order valence-corrected chi connectivity index (χ4v) is 2.10. The zero-order chi connectivity index (χ0) is 15.0. The highest BCUT2D eigenvalue weighted by Gasteiger charge is 2.26. The van der Waals surface area contributed by atoms with Crippen LogP contribution < -0.4 is 5.32 Å². The topological polar surface area (TPSA) is 98.8 Å². The lowest BCUT2D eigenvalue weighted by atomic mass is 10.3. The molecule has 0 aliphatic carbocycles. The van der Waals surface area contributed by atoms with Gasteiger partial charge in [-0.3, -0.25) is 10.1 Å². The van der Waals surface area contributed by atoms with Crippen LogP contribution in [0, 0.1) is 30.9 Å². The van der Waals surface area contributed by atoms with E-state index in [4.69, 9.17) is 0 Å². The van der Waals surface area contributed by atoms with Gasteiger partial charge in [-0.1, -0.05) is 0 Å². The first-order valence-electron chi connectivity index (χ1n) is 5.79. The molecule has 2 aromatic heterocycles. The lowest BCUT2D eigenvalue weighted by Crippen LogP contribution is -2.11. The first kappa shape index (κ1) is 14.4. The largest absolute Gasteiger partial charge is 0.357 e. The third-order valence-electron chi connectivity index (χ3n) is 2.85. The summed E-state index contributed by atoms with van der Waals surface area (Å²) in [4.78, 5) is 19.0. The number of rotatable bonds is 3. The van der Waals surface area contributed by atoms with Gasteiger partial charge in [0, 0.05) is 7.05 Å². The molecule has 0 aromatic carbocycles. The van der Waals surface area contributed by atoms with Crippen LogP contribution in [0.3, 0.4) is 0 Å². The average molecular weight is 341 g/mol. The van der Waals surface area contributed by atoms with E-state index in [0.29, 0.717) is 5.95 Å². The molecule has 2 rings (SSSR count). The van der Waals surface area contributed by atoms with Gasteiger partial charge in [0.2, 0.25) is 11.8 Å². The van der Waals surface area contributed by atoms with Gasteiger partial charge in [0.25, 0.3) is 0 Å². The summed E-state index contributed by atoms with van der Waals surface area (Å²) in [6.07, 6.45) is 0. The maximum atomic E-state index is 11.3. The highest BCUT2D eigenvalue weighted by molar-refractivity contribution is 9.10. The van der Waals surface area contributed by atoms with Crippen LogP contribution in [0.5, 0.6) is 0 Å². The van der Waals surface area contributed by atoms with Crippen LogP contribution >= 0.6 is 15.9 Å². The first-order chi connectivity index (χ1) is 9.36. The minimum Gasteiger partial charge on any atom is -0.357 e. The maximum Gasteiger partial charge on any atom is 0.334 e. The molecule has 0 bridgehead atoms. The number of anilines is 1. The Hall–Kier alpha value is -2.03. The molecule has 106 valence electrons. The van der Waals surface area contributed by atoms with Gasteiger partial charge in [-0.2, -0.15) is 10.1 Å². The minimum absolute atomic E-state index is 0.151. The first-order valence-corrected chi connectivity index (χ1v) is 6.59. The normalized spacial score (nSPS) is 10.7. The fraction of sp³-hybridized carbons (Fsp3) is 0.364. The number of nitro groups is 1. The zero-order valence-corrected chi connectivity index (χ0v) is 13.0. The number of nitrogens with zero attached hydrogens (tertiary/aromatic N) is 5. The molecular weight excluding hydrogens is 328 g/mol. The number of aromatic nitrogens is 4. The van der Waals surface area contributed by atoms with E-state index in [0.717, 1.165) is 15.9 Å². The van der Waals surface area contributed by atoms with Gasteiger partial charge in [-0.25, -0.2) is 9.67 Å². The number of nitrogens with one attached hydrogen (secondary N) is 1. The highest BCUT2D eigenvalue weighted by Crippen LogP contribution is 2.29. The molecule has 0 unspecified atom stereocenters. The van der Waals surface area contributed by atoms with Crippen LogP contribution in [-0.2, 0) is 0 Å². The minimum atomic E-state index is -0.492. The molecule has 1 N–H and O–H groups in total. The Morgan fingerprint density at radius 2 is 1.90 bits per heavy atom. The number of hydrogen-bond acceptors (Lipinski definition) is 6. The molecule has 2 aromatic rings. The third-order valence-corrected chi connectivity index (χ3v) is 4.00. The Morgan fingerprint density at radius 3 is 2.35 bits per heavy atom. The highest BCUT2D eigenvalue weighted by atomic mass is 79.9. The second-order valence-corrected chi connectivity index (χ2v) is 5.00. The van der Waals surface area contributed by atoms with Gasteiger partial charge in [0.15, 0.2) is 0 Å². The average Bonchev–Trinajstić information content (AvgIpc) is 2.65. The Labute approximate surface area is 123 Å². The monoisotopic (exact) mass is 340 g/mol. The summed E-state index contributed by atoms with van der Waals surface area (Å²) in [5.41, 5.74) is 1.61. The van der Waals surface area contributed by atoms with Crippen molar-refractivity contribution in [2.75, 3.05) is 12.4 Å². The molecule has 0 fully saturated rings. The van der Waals surface area contributed by atoms with Crippen LogP contribution in [0.2, 0.25) is 0 Å². The van der Waals surface area contributed by atoms with Crippen LogP contribution in [0.15, 0.2) is 4.47 Å². The molecule has 0 saturated heterocycles. The van der Waals surface area contributed by atoms with Crippen LogP contribution in [-0.4, -0.2) is 31.7 Å². The molecule has 0 amide bonds. The Balaban J connectivity index is 2.80. The predicted octanol–water partition coefficient (Wildman–Crippen LogP) is 2.30. The summed E-state index contributed by atoms with van der Waals surface area (Å²) in [6, 6.07) is 0. The predicted molar refractivity (Wildman–Crippen MR) is 77.3 cm³/mol. The molecule has 0 saturated carbocycles. The standard InChI is InChI=1S/C11H13BrN6O2/c1-5-8(12)7(3)17(16-5)10-9(18(19)20)6(2)14-11(13-4)15-10/h1-4H3,(H,13,14,15). The molecule has 20 heavy (non-hydrogen) atoms. The van der Waals surface area contributed by atoms with Crippen molar-refractivity contribution in [3.05, 3.63) is 31.7 Å². The summed E-state index contributed by atoms with van der Waals surface area (Å²) in [7, 11) is 1.65. The van der Waals surface area contributed by atoms with Crippen molar-refractivity contribution >= 4 is 27.6 Å². The fourth-order valence-electron chi connectivity index (χ4n) is 1.85. The molecule has 0 spiro atoms. The van der Waals surface area contributed by atoms with Crippen LogP contribution in [0.4, 0.5) is 11.6 Å². The van der Waals surface area contributed by atoms with Crippen molar-refractivity contribution in [3.63, 3.8) is 0 Å². The van der Waals surface area contributed by atoms with E-state index in [-0.39, 0.29) is 17.2 Å². The molecule has 8 nitrogen and oxygen atoms in total. The quantitative estimate of drug-likeness (QED) is 0.679. The van der Waals surface area contributed by atoms with E-state index in [2.05, 4.69) is 36.3 Å². The number of aryl methyl sites for hydroxylation is 2. The van der Waals surface area contributed by atoms with Gasteiger partial charge in [-0.05, 0) is 36.7 Å².